The maximum Gasteiger partial charge on any atom is 0.106 e. The average Bonchev–Trinajstić information content (AvgIpc) is 2.83. The number of hydrogen-bond acceptors (Lipinski definition) is 3. The molecule has 0 aliphatic carbocycles. The van der Waals surface area contributed by atoms with Gasteiger partial charge in [0.2, 0.25) is 0 Å². The lowest BCUT2D eigenvalue weighted by Crippen LogP contribution is -2.01. The summed E-state index contributed by atoms with van der Waals surface area (Å²) >= 11 is 0. The van der Waals surface area contributed by atoms with Crippen LogP contribution in [0.2, 0.25) is 0 Å². The fraction of sp³-hybridized carbons (Fsp3) is 0.500. The van der Waals surface area contributed by atoms with Gasteiger partial charge in [0, 0.05) is 24.7 Å². The Morgan fingerprint density at radius 1 is 1.41 bits per heavy atom. The summed E-state index contributed by atoms with van der Waals surface area (Å²) < 4.78 is 1.89. The summed E-state index contributed by atoms with van der Waals surface area (Å²) in [5, 5.41) is 4.41. The largest absolute Gasteiger partial charge is 0.342 e. The van der Waals surface area contributed by atoms with E-state index in [-0.39, 0.29) is 0 Å². The Morgan fingerprint density at radius 2 is 2.18 bits per heavy atom. The van der Waals surface area contributed by atoms with Crippen molar-refractivity contribution < 1.29 is 0 Å². The molecular formula is C12H19N5. The van der Waals surface area contributed by atoms with Gasteiger partial charge in [-0.15, -0.1) is 0 Å². The van der Waals surface area contributed by atoms with Crippen molar-refractivity contribution in [2.24, 2.45) is 12.8 Å². The van der Waals surface area contributed by atoms with Crippen LogP contribution in [0.15, 0.2) is 6.20 Å². The second-order valence-electron chi connectivity index (χ2n) is 4.31. The number of aromatic amines is 1. The molecule has 0 saturated carbocycles. The van der Waals surface area contributed by atoms with Gasteiger partial charge in [0.05, 0.1) is 17.6 Å². The van der Waals surface area contributed by atoms with Gasteiger partial charge >= 0.3 is 0 Å². The second-order valence-corrected chi connectivity index (χ2v) is 4.31. The van der Waals surface area contributed by atoms with Gasteiger partial charge in [-0.05, 0) is 26.8 Å². The molecule has 92 valence electrons. The Balaban J connectivity index is 2.30. The van der Waals surface area contributed by atoms with Crippen molar-refractivity contribution in [2.75, 3.05) is 6.54 Å². The molecule has 5 nitrogen and oxygen atoms in total. The predicted molar refractivity (Wildman–Crippen MR) is 67.6 cm³/mol. The molecule has 17 heavy (non-hydrogen) atoms. The summed E-state index contributed by atoms with van der Waals surface area (Å²) in [6, 6.07) is 0. The zero-order valence-corrected chi connectivity index (χ0v) is 10.6. The number of aryl methyl sites for hydroxylation is 3. The molecule has 0 saturated heterocycles. The monoisotopic (exact) mass is 233 g/mol. The summed E-state index contributed by atoms with van der Waals surface area (Å²) in [7, 11) is 1.96. The van der Waals surface area contributed by atoms with Crippen LogP contribution in [0.25, 0.3) is 11.3 Å². The van der Waals surface area contributed by atoms with Crippen LogP contribution < -0.4 is 5.73 Å². The first-order valence-electron chi connectivity index (χ1n) is 5.88. The third kappa shape index (κ3) is 2.24. The number of rotatable bonds is 4. The van der Waals surface area contributed by atoms with Crippen LogP contribution >= 0.6 is 0 Å². The molecule has 0 aromatic carbocycles. The van der Waals surface area contributed by atoms with E-state index in [0.717, 1.165) is 41.3 Å². The molecule has 5 heteroatoms. The van der Waals surface area contributed by atoms with E-state index in [4.69, 9.17) is 5.73 Å². The van der Waals surface area contributed by atoms with Gasteiger partial charge in [-0.1, -0.05) is 0 Å². The zero-order chi connectivity index (χ0) is 12.4. The SMILES string of the molecule is Cc1nn(C)c(C)c1-c1cnc(CCCN)[nH]1. The number of nitrogens with two attached hydrogens (primary N) is 1. The average molecular weight is 233 g/mol. The first-order chi connectivity index (χ1) is 8.13. The van der Waals surface area contributed by atoms with Gasteiger partial charge in [-0.2, -0.15) is 5.10 Å². The van der Waals surface area contributed by atoms with E-state index in [1.165, 1.54) is 0 Å². The topological polar surface area (TPSA) is 72.5 Å². The highest BCUT2D eigenvalue weighted by molar-refractivity contribution is 5.64. The predicted octanol–water partition coefficient (Wildman–Crippen LogP) is 1.32. The highest BCUT2D eigenvalue weighted by atomic mass is 15.3. The van der Waals surface area contributed by atoms with E-state index >= 15 is 0 Å². The van der Waals surface area contributed by atoms with Crippen molar-refractivity contribution in [1.82, 2.24) is 19.7 Å². The van der Waals surface area contributed by atoms with E-state index in [1.54, 1.807) is 0 Å². The molecule has 0 bridgehead atoms. The molecule has 0 radical (unpaired) electrons. The number of hydrogen-bond donors (Lipinski definition) is 2. The molecule has 2 aromatic heterocycles. The highest BCUT2D eigenvalue weighted by Crippen LogP contribution is 2.24. The van der Waals surface area contributed by atoms with Crippen molar-refractivity contribution in [3.05, 3.63) is 23.4 Å². The minimum Gasteiger partial charge on any atom is -0.342 e. The minimum atomic E-state index is 0.695. The Kier molecular flexibility index (Phi) is 3.28. The molecule has 2 heterocycles. The summed E-state index contributed by atoms with van der Waals surface area (Å²) in [6.45, 7) is 4.78. The van der Waals surface area contributed by atoms with Gasteiger partial charge in [0.15, 0.2) is 0 Å². The zero-order valence-electron chi connectivity index (χ0n) is 10.6. The van der Waals surface area contributed by atoms with Gasteiger partial charge < -0.3 is 10.7 Å². The van der Waals surface area contributed by atoms with Crippen molar-refractivity contribution >= 4 is 0 Å². The second kappa shape index (κ2) is 4.71. The number of nitrogens with zero attached hydrogens (tertiary/aromatic N) is 3. The molecular weight excluding hydrogens is 214 g/mol. The molecule has 0 amide bonds. The molecule has 2 aromatic rings. The van der Waals surface area contributed by atoms with Gasteiger partial charge in [0.25, 0.3) is 0 Å². The molecule has 0 fully saturated rings. The van der Waals surface area contributed by atoms with E-state index in [2.05, 4.69) is 22.0 Å². The fourth-order valence-electron chi connectivity index (χ4n) is 2.05. The van der Waals surface area contributed by atoms with Gasteiger partial charge in [-0.25, -0.2) is 4.98 Å². The maximum absolute atomic E-state index is 5.49. The van der Waals surface area contributed by atoms with Crippen molar-refractivity contribution in [1.29, 1.82) is 0 Å². The fourth-order valence-corrected chi connectivity index (χ4v) is 2.05. The summed E-state index contributed by atoms with van der Waals surface area (Å²) in [4.78, 5) is 7.71. The van der Waals surface area contributed by atoms with E-state index in [1.807, 2.05) is 24.9 Å². The lowest BCUT2D eigenvalue weighted by atomic mass is 10.1. The van der Waals surface area contributed by atoms with E-state index in [9.17, 15) is 0 Å². The molecule has 0 unspecified atom stereocenters. The number of imidazole rings is 1. The van der Waals surface area contributed by atoms with Crippen LogP contribution in [0, 0.1) is 13.8 Å². The normalized spacial score (nSPS) is 11.1. The number of aromatic nitrogens is 4. The van der Waals surface area contributed by atoms with Crippen molar-refractivity contribution in [2.45, 2.75) is 26.7 Å². The van der Waals surface area contributed by atoms with Crippen LogP contribution in [0.5, 0.6) is 0 Å². The Hall–Kier alpha value is -1.62. The number of H-pyrrole nitrogens is 1. The van der Waals surface area contributed by atoms with Crippen molar-refractivity contribution in [3.63, 3.8) is 0 Å². The quantitative estimate of drug-likeness (QED) is 0.836. The maximum atomic E-state index is 5.49. The van der Waals surface area contributed by atoms with Crippen LogP contribution in [0.1, 0.15) is 23.6 Å². The minimum absolute atomic E-state index is 0.695. The Bertz CT molecular complexity index is 509. The van der Waals surface area contributed by atoms with Crippen LogP contribution in [0.4, 0.5) is 0 Å². The standard InChI is InChI=1S/C12H19N5/c1-8-12(9(2)17(3)16-8)10-7-14-11(15-10)5-4-6-13/h7H,4-6,13H2,1-3H3,(H,14,15). The Morgan fingerprint density at radius 3 is 2.76 bits per heavy atom. The number of nitrogens with one attached hydrogen (secondary N) is 1. The summed E-state index contributed by atoms with van der Waals surface area (Å²) in [5.74, 6) is 0.994. The van der Waals surface area contributed by atoms with Crippen LogP contribution in [-0.2, 0) is 13.5 Å². The smallest absolute Gasteiger partial charge is 0.106 e. The van der Waals surface area contributed by atoms with Gasteiger partial charge in [0.1, 0.15) is 5.82 Å². The molecule has 0 aliphatic heterocycles. The molecule has 0 spiro atoms. The molecule has 2 rings (SSSR count). The highest BCUT2D eigenvalue weighted by Gasteiger charge is 2.13. The van der Waals surface area contributed by atoms with Crippen molar-refractivity contribution in [3.8, 4) is 11.3 Å². The first kappa shape index (κ1) is 11.9. The van der Waals surface area contributed by atoms with E-state index < -0.39 is 0 Å². The summed E-state index contributed by atoms with van der Waals surface area (Å²) in [5.41, 5.74) is 9.86. The van der Waals surface area contributed by atoms with Crippen LogP contribution in [0.3, 0.4) is 0 Å². The lowest BCUT2D eigenvalue weighted by Gasteiger charge is -1.98. The lowest BCUT2D eigenvalue weighted by molar-refractivity contribution is 0.731. The molecule has 0 aliphatic rings. The van der Waals surface area contributed by atoms with E-state index in [0.29, 0.717) is 6.54 Å². The Labute approximate surface area is 101 Å². The first-order valence-corrected chi connectivity index (χ1v) is 5.88. The third-order valence-electron chi connectivity index (χ3n) is 3.02. The third-order valence-corrected chi connectivity index (χ3v) is 3.02. The molecule has 3 N–H and O–H groups in total. The van der Waals surface area contributed by atoms with Gasteiger partial charge in [-0.3, -0.25) is 4.68 Å². The van der Waals surface area contributed by atoms with Crippen LogP contribution in [-0.4, -0.2) is 26.3 Å². The summed E-state index contributed by atoms with van der Waals surface area (Å²) in [6.07, 6.45) is 3.73. The molecule has 0 atom stereocenters.